The number of benzene rings is 2. The summed E-state index contributed by atoms with van der Waals surface area (Å²) in [6.45, 7) is 0.108. The standard InChI is InChI=1S/C18H19NO6/c1-23-15-9-5-8-14(17(15)21)18(22)25-12-16(20)19-10-11-24-13-6-3-2-4-7-13/h2-9,21H,10-12H2,1H3,(H,19,20). The zero-order valence-corrected chi connectivity index (χ0v) is 13.7. The highest BCUT2D eigenvalue weighted by Gasteiger charge is 2.17. The summed E-state index contributed by atoms with van der Waals surface area (Å²) in [6.07, 6.45) is 0. The van der Waals surface area contributed by atoms with E-state index in [9.17, 15) is 14.7 Å². The first-order valence-corrected chi connectivity index (χ1v) is 7.59. The van der Waals surface area contributed by atoms with Crippen molar-refractivity contribution in [3.8, 4) is 17.2 Å². The molecule has 0 saturated carbocycles. The van der Waals surface area contributed by atoms with Crippen molar-refractivity contribution in [2.24, 2.45) is 0 Å². The van der Waals surface area contributed by atoms with Gasteiger partial charge in [-0.15, -0.1) is 0 Å². The maximum Gasteiger partial charge on any atom is 0.342 e. The minimum atomic E-state index is -0.813. The van der Waals surface area contributed by atoms with E-state index in [-0.39, 0.29) is 23.6 Å². The Kier molecular flexibility index (Phi) is 6.65. The molecule has 0 fully saturated rings. The summed E-state index contributed by atoms with van der Waals surface area (Å²) < 4.78 is 15.2. The highest BCUT2D eigenvalue weighted by atomic mass is 16.5. The van der Waals surface area contributed by atoms with Gasteiger partial charge in [-0.3, -0.25) is 4.79 Å². The van der Waals surface area contributed by atoms with E-state index in [4.69, 9.17) is 14.2 Å². The third-order valence-corrected chi connectivity index (χ3v) is 3.21. The smallest absolute Gasteiger partial charge is 0.342 e. The van der Waals surface area contributed by atoms with Crippen molar-refractivity contribution in [2.75, 3.05) is 26.9 Å². The van der Waals surface area contributed by atoms with E-state index in [1.54, 1.807) is 0 Å². The Labute approximate surface area is 145 Å². The van der Waals surface area contributed by atoms with Crippen LogP contribution in [0, 0.1) is 0 Å². The molecule has 0 radical (unpaired) electrons. The third kappa shape index (κ3) is 5.42. The second-order valence-corrected chi connectivity index (χ2v) is 4.94. The summed E-state index contributed by atoms with van der Waals surface area (Å²) in [6, 6.07) is 13.6. The fourth-order valence-electron chi connectivity index (χ4n) is 1.99. The van der Waals surface area contributed by atoms with Gasteiger partial charge in [-0.25, -0.2) is 4.79 Å². The minimum absolute atomic E-state index is 0.0699. The Morgan fingerprint density at radius 1 is 1.08 bits per heavy atom. The van der Waals surface area contributed by atoms with Gasteiger partial charge in [-0.1, -0.05) is 24.3 Å². The zero-order valence-electron chi connectivity index (χ0n) is 13.7. The van der Waals surface area contributed by atoms with Crippen molar-refractivity contribution in [1.29, 1.82) is 0 Å². The van der Waals surface area contributed by atoms with E-state index >= 15 is 0 Å². The summed E-state index contributed by atoms with van der Waals surface area (Å²) in [5, 5.41) is 12.4. The molecule has 2 aromatic carbocycles. The van der Waals surface area contributed by atoms with Gasteiger partial charge in [0.1, 0.15) is 17.9 Å². The summed E-state index contributed by atoms with van der Waals surface area (Å²) in [4.78, 5) is 23.6. The molecule has 0 aromatic heterocycles. The Morgan fingerprint density at radius 3 is 2.56 bits per heavy atom. The molecule has 2 N–H and O–H groups in total. The molecule has 132 valence electrons. The summed E-state index contributed by atoms with van der Waals surface area (Å²) in [7, 11) is 1.37. The van der Waals surface area contributed by atoms with Crippen LogP contribution in [0.2, 0.25) is 0 Å². The van der Waals surface area contributed by atoms with Gasteiger partial charge in [-0.05, 0) is 24.3 Å². The number of rotatable bonds is 8. The summed E-state index contributed by atoms with van der Waals surface area (Å²) in [5.74, 6) is -0.750. The Balaban J connectivity index is 1.72. The average molecular weight is 345 g/mol. The minimum Gasteiger partial charge on any atom is -0.504 e. The molecule has 1 amide bonds. The van der Waals surface area contributed by atoms with Crippen molar-refractivity contribution in [2.45, 2.75) is 0 Å². The van der Waals surface area contributed by atoms with Crippen LogP contribution in [0.3, 0.4) is 0 Å². The van der Waals surface area contributed by atoms with Gasteiger partial charge in [0.15, 0.2) is 18.1 Å². The number of phenolic OH excluding ortho intramolecular Hbond substituents is 1. The molecular weight excluding hydrogens is 326 g/mol. The summed E-state index contributed by atoms with van der Waals surface area (Å²) >= 11 is 0. The normalized spacial score (nSPS) is 9.96. The van der Waals surface area contributed by atoms with Gasteiger partial charge >= 0.3 is 5.97 Å². The predicted molar refractivity (Wildman–Crippen MR) is 89.9 cm³/mol. The number of amides is 1. The van der Waals surface area contributed by atoms with Crippen molar-refractivity contribution in [3.63, 3.8) is 0 Å². The van der Waals surface area contributed by atoms with Gasteiger partial charge in [-0.2, -0.15) is 0 Å². The first-order chi connectivity index (χ1) is 12.1. The molecule has 0 atom stereocenters. The quantitative estimate of drug-likeness (QED) is 0.559. The number of methoxy groups -OCH3 is 1. The van der Waals surface area contributed by atoms with Crippen LogP contribution in [0.25, 0.3) is 0 Å². The SMILES string of the molecule is COc1cccc(C(=O)OCC(=O)NCCOc2ccccc2)c1O. The number of phenols is 1. The van der Waals surface area contributed by atoms with Crippen LogP contribution >= 0.6 is 0 Å². The number of carbonyl (C=O) groups is 2. The van der Waals surface area contributed by atoms with E-state index in [0.717, 1.165) is 0 Å². The molecule has 0 aliphatic rings. The molecule has 0 aliphatic heterocycles. The van der Waals surface area contributed by atoms with Crippen LogP contribution in [-0.4, -0.2) is 43.9 Å². The van der Waals surface area contributed by atoms with Gasteiger partial charge in [0.2, 0.25) is 0 Å². The van der Waals surface area contributed by atoms with Crippen LogP contribution in [0.1, 0.15) is 10.4 Å². The van der Waals surface area contributed by atoms with Gasteiger partial charge in [0.25, 0.3) is 5.91 Å². The van der Waals surface area contributed by atoms with E-state index in [0.29, 0.717) is 12.4 Å². The zero-order chi connectivity index (χ0) is 18.1. The second-order valence-electron chi connectivity index (χ2n) is 4.94. The van der Waals surface area contributed by atoms with Crippen LogP contribution in [0.4, 0.5) is 0 Å². The number of hydrogen-bond acceptors (Lipinski definition) is 6. The van der Waals surface area contributed by atoms with E-state index < -0.39 is 18.5 Å². The number of esters is 1. The number of para-hydroxylation sites is 2. The van der Waals surface area contributed by atoms with Crippen LogP contribution < -0.4 is 14.8 Å². The van der Waals surface area contributed by atoms with Crippen molar-refractivity contribution in [3.05, 3.63) is 54.1 Å². The fraction of sp³-hybridized carbons (Fsp3) is 0.222. The Hall–Kier alpha value is -3.22. The number of nitrogens with one attached hydrogen (secondary N) is 1. The number of aromatic hydroxyl groups is 1. The molecule has 25 heavy (non-hydrogen) atoms. The highest BCUT2D eigenvalue weighted by molar-refractivity contribution is 5.94. The highest BCUT2D eigenvalue weighted by Crippen LogP contribution is 2.29. The Bertz CT molecular complexity index is 717. The fourth-order valence-corrected chi connectivity index (χ4v) is 1.99. The lowest BCUT2D eigenvalue weighted by Crippen LogP contribution is -2.32. The average Bonchev–Trinajstić information content (AvgIpc) is 2.64. The second kappa shape index (κ2) is 9.17. The van der Waals surface area contributed by atoms with Gasteiger partial charge in [0, 0.05) is 0 Å². The van der Waals surface area contributed by atoms with Crippen LogP contribution in [0.5, 0.6) is 17.2 Å². The topological polar surface area (TPSA) is 94.1 Å². The molecule has 0 saturated heterocycles. The van der Waals surface area contributed by atoms with Crippen LogP contribution in [0.15, 0.2) is 48.5 Å². The van der Waals surface area contributed by atoms with Gasteiger partial charge < -0.3 is 24.6 Å². The number of carbonyl (C=O) groups excluding carboxylic acids is 2. The molecule has 2 aromatic rings. The molecular formula is C18H19NO6. The lowest BCUT2D eigenvalue weighted by atomic mass is 10.2. The molecule has 7 nitrogen and oxygen atoms in total. The van der Waals surface area contributed by atoms with E-state index in [2.05, 4.69) is 5.32 Å². The van der Waals surface area contributed by atoms with Gasteiger partial charge in [0.05, 0.1) is 13.7 Å². The molecule has 0 spiro atoms. The van der Waals surface area contributed by atoms with E-state index in [1.165, 1.54) is 25.3 Å². The predicted octanol–water partition coefficient (Wildman–Crippen LogP) is 1.75. The van der Waals surface area contributed by atoms with Crippen molar-refractivity contribution >= 4 is 11.9 Å². The molecule has 0 heterocycles. The third-order valence-electron chi connectivity index (χ3n) is 3.21. The lowest BCUT2D eigenvalue weighted by Gasteiger charge is -2.10. The summed E-state index contributed by atoms with van der Waals surface area (Å²) in [5.41, 5.74) is -0.0699. The molecule has 7 heteroatoms. The maximum atomic E-state index is 11.9. The molecule has 2 rings (SSSR count). The lowest BCUT2D eigenvalue weighted by molar-refractivity contribution is -0.124. The van der Waals surface area contributed by atoms with Crippen molar-refractivity contribution in [1.82, 2.24) is 5.32 Å². The van der Waals surface area contributed by atoms with Crippen LogP contribution in [-0.2, 0) is 9.53 Å². The number of hydrogen-bond donors (Lipinski definition) is 2. The molecule has 0 unspecified atom stereocenters. The number of ether oxygens (including phenoxy) is 3. The monoisotopic (exact) mass is 345 g/mol. The maximum absolute atomic E-state index is 11.9. The largest absolute Gasteiger partial charge is 0.504 e. The Morgan fingerprint density at radius 2 is 1.84 bits per heavy atom. The molecule has 0 bridgehead atoms. The van der Waals surface area contributed by atoms with E-state index in [1.807, 2.05) is 30.3 Å². The van der Waals surface area contributed by atoms with Crippen molar-refractivity contribution < 1.29 is 28.9 Å². The molecule has 0 aliphatic carbocycles. The first-order valence-electron chi connectivity index (χ1n) is 7.59. The first kappa shape index (κ1) is 18.1.